The van der Waals surface area contributed by atoms with Crippen molar-refractivity contribution in [2.45, 2.75) is 6.42 Å². The Kier molecular flexibility index (Phi) is 14.7. The van der Waals surface area contributed by atoms with Crippen LogP contribution < -0.4 is 0 Å². The van der Waals surface area contributed by atoms with Gasteiger partial charge in [0.25, 0.3) is 0 Å². The third-order valence-corrected chi connectivity index (χ3v) is 2.03. The molecule has 1 atom stereocenters. The number of nitriles is 1. The van der Waals surface area contributed by atoms with Gasteiger partial charge in [-0.15, -0.1) is 0 Å². The van der Waals surface area contributed by atoms with Crippen molar-refractivity contribution in [1.29, 1.82) is 5.26 Å². The smallest absolute Gasteiger partial charge is 0.0646 e. The first-order valence-corrected chi connectivity index (χ1v) is 4.48. The van der Waals surface area contributed by atoms with Crippen LogP contribution in [0.25, 0.3) is 5.09 Å². The fraction of sp³-hybridized carbons (Fsp3) is 0.750. The molecule has 0 saturated carbocycles. The molecular weight excluding hydrogens is 299 g/mol. The maximum atomic E-state index is 8.06. The SMILES string of the molecule is C[N-]P(Cl)OCCC#N.[Pr]. The second kappa shape index (κ2) is 10.5. The van der Waals surface area contributed by atoms with Crippen LogP contribution in [0.3, 0.4) is 0 Å². The molecule has 6 heteroatoms. The summed E-state index contributed by atoms with van der Waals surface area (Å²) in [6, 6.07) is 1.93. The quantitative estimate of drug-likeness (QED) is 0.591. The van der Waals surface area contributed by atoms with E-state index in [4.69, 9.17) is 21.0 Å². The van der Waals surface area contributed by atoms with E-state index in [-0.39, 0.29) is 41.3 Å². The molecule has 0 aliphatic rings. The van der Waals surface area contributed by atoms with E-state index in [1.54, 1.807) is 7.05 Å². The third kappa shape index (κ3) is 9.49. The molecule has 0 rings (SSSR count). The first kappa shape index (κ1) is 14.0. The minimum Gasteiger partial charge on any atom is -0.602 e. The Hall–Kier alpha value is 1.49. The van der Waals surface area contributed by atoms with Crippen LogP contribution >= 0.6 is 18.9 Å². The first-order chi connectivity index (χ1) is 4.31. The predicted molar refractivity (Wildman–Crippen MR) is 38.2 cm³/mol. The Balaban J connectivity index is 0. The molecule has 0 bridgehead atoms. The number of halogens is 1. The van der Waals surface area contributed by atoms with Crippen LogP contribution in [0.5, 0.6) is 0 Å². The largest absolute Gasteiger partial charge is 0.602 e. The van der Waals surface area contributed by atoms with Crippen LogP contribution in [-0.2, 0) is 4.52 Å². The Morgan fingerprint density at radius 3 is 2.80 bits per heavy atom. The van der Waals surface area contributed by atoms with Gasteiger partial charge in [-0.2, -0.15) is 12.3 Å². The topological polar surface area (TPSA) is 47.1 Å². The van der Waals surface area contributed by atoms with Crippen molar-refractivity contribution < 1.29 is 45.8 Å². The normalized spacial score (nSPS) is 11.3. The summed E-state index contributed by atoms with van der Waals surface area (Å²) < 4.78 is 4.87. The van der Waals surface area contributed by atoms with Gasteiger partial charge in [0.05, 0.1) is 19.1 Å². The number of rotatable bonds is 4. The molecule has 0 fully saturated rings. The van der Waals surface area contributed by atoms with E-state index < -0.39 is 7.65 Å². The van der Waals surface area contributed by atoms with Crippen LogP contribution in [0, 0.1) is 52.6 Å². The molecule has 0 spiro atoms. The molecule has 1 radical (unpaired) electrons. The van der Waals surface area contributed by atoms with Crippen molar-refractivity contribution in [2.75, 3.05) is 13.7 Å². The van der Waals surface area contributed by atoms with Gasteiger partial charge in [0, 0.05) is 48.9 Å². The van der Waals surface area contributed by atoms with E-state index in [1.807, 2.05) is 6.07 Å². The summed E-state index contributed by atoms with van der Waals surface area (Å²) in [7, 11) is 0.445. The van der Waals surface area contributed by atoms with E-state index in [0.29, 0.717) is 13.0 Å². The molecule has 0 saturated heterocycles. The molecule has 0 aromatic carbocycles. The molecule has 1 unspecified atom stereocenters. The standard InChI is InChI=1S/C4H7ClN2OP.Pr/c1-7-9(5)8-4-2-3-6;/h2,4H2,1H3;/q-1;. The minimum absolute atomic E-state index is 0. The molecule has 0 amide bonds. The van der Waals surface area contributed by atoms with E-state index in [9.17, 15) is 0 Å². The third-order valence-electron chi connectivity index (χ3n) is 0.569. The van der Waals surface area contributed by atoms with Crippen molar-refractivity contribution in [3.05, 3.63) is 5.09 Å². The minimum atomic E-state index is -1.14. The molecule has 0 N–H and O–H groups in total. The van der Waals surface area contributed by atoms with Gasteiger partial charge in [0.15, 0.2) is 0 Å². The molecule has 0 aliphatic heterocycles. The fourth-order valence-corrected chi connectivity index (χ4v) is 0.789. The maximum Gasteiger partial charge on any atom is 0.0646 e. The second-order valence-electron chi connectivity index (χ2n) is 1.17. The summed E-state index contributed by atoms with van der Waals surface area (Å²) in [5, 5.41) is 11.7. The molecule has 55 valence electrons. The van der Waals surface area contributed by atoms with Crippen molar-refractivity contribution >= 4 is 18.9 Å². The van der Waals surface area contributed by atoms with Crippen LogP contribution in [-0.4, -0.2) is 13.7 Å². The van der Waals surface area contributed by atoms with Gasteiger partial charge in [-0.3, -0.25) is 0 Å². The van der Waals surface area contributed by atoms with Gasteiger partial charge in [0.2, 0.25) is 0 Å². The van der Waals surface area contributed by atoms with Crippen LogP contribution in [0.1, 0.15) is 6.42 Å². The van der Waals surface area contributed by atoms with Crippen LogP contribution in [0.4, 0.5) is 0 Å². The Morgan fingerprint density at radius 2 is 2.40 bits per heavy atom. The number of nitrogens with zero attached hydrogens (tertiary/aromatic N) is 2. The van der Waals surface area contributed by atoms with E-state index >= 15 is 0 Å². The fourth-order valence-electron chi connectivity index (χ4n) is 0.224. The summed E-state index contributed by atoms with van der Waals surface area (Å²) in [6.45, 7) is 0.378. The monoisotopic (exact) mass is 306 g/mol. The van der Waals surface area contributed by atoms with Gasteiger partial charge in [0.1, 0.15) is 0 Å². The zero-order valence-corrected chi connectivity index (χ0v) is 11.0. The predicted octanol–water partition coefficient (Wildman–Crippen LogP) is 2.39. The Bertz CT molecular complexity index is 110. The molecule has 0 aliphatic carbocycles. The average Bonchev–Trinajstić information content (AvgIpc) is 1.89. The van der Waals surface area contributed by atoms with E-state index in [2.05, 4.69) is 5.09 Å². The van der Waals surface area contributed by atoms with Gasteiger partial charge >= 0.3 is 0 Å². The molecule has 0 aromatic rings. The first-order valence-electron chi connectivity index (χ1n) is 2.36. The summed E-state index contributed by atoms with van der Waals surface area (Å²) in [4.78, 5) is 0. The van der Waals surface area contributed by atoms with Crippen molar-refractivity contribution in [3.8, 4) is 6.07 Å². The van der Waals surface area contributed by atoms with E-state index in [0.717, 1.165) is 0 Å². The second-order valence-corrected chi connectivity index (χ2v) is 3.15. The Morgan fingerprint density at radius 1 is 1.80 bits per heavy atom. The molecule has 3 nitrogen and oxygen atoms in total. The zero-order valence-electron chi connectivity index (χ0n) is 5.62. The number of hydrogen-bond donors (Lipinski definition) is 0. The number of hydrogen-bond acceptors (Lipinski definition) is 2. The average molecular weight is 306 g/mol. The van der Waals surface area contributed by atoms with Crippen molar-refractivity contribution in [2.24, 2.45) is 0 Å². The van der Waals surface area contributed by atoms with Gasteiger partial charge in [-0.25, -0.2) is 0 Å². The van der Waals surface area contributed by atoms with Gasteiger partial charge < -0.3 is 9.61 Å². The van der Waals surface area contributed by atoms with Crippen LogP contribution in [0.15, 0.2) is 0 Å². The van der Waals surface area contributed by atoms with Crippen molar-refractivity contribution in [1.82, 2.24) is 0 Å². The maximum absolute atomic E-state index is 8.06. The summed E-state index contributed by atoms with van der Waals surface area (Å²) in [6.07, 6.45) is 0.376. The molecular formula is C4H7ClN2OPPr-. The Labute approximate surface area is 100 Å². The summed E-state index contributed by atoms with van der Waals surface area (Å²) >= 11 is 5.47. The molecule has 0 aromatic heterocycles. The summed E-state index contributed by atoms with van der Waals surface area (Å²) in [5.41, 5.74) is 0. The molecule has 0 heterocycles. The van der Waals surface area contributed by atoms with Crippen molar-refractivity contribution in [3.63, 3.8) is 0 Å². The summed E-state index contributed by atoms with van der Waals surface area (Å²) in [5.74, 6) is 0. The van der Waals surface area contributed by atoms with Gasteiger partial charge in [-0.05, 0) is 0 Å². The zero-order chi connectivity index (χ0) is 7.11. The van der Waals surface area contributed by atoms with Crippen LogP contribution in [0.2, 0.25) is 0 Å². The molecule has 10 heavy (non-hydrogen) atoms. The van der Waals surface area contributed by atoms with E-state index in [1.165, 1.54) is 0 Å². The van der Waals surface area contributed by atoms with Gasteiger partial charge in [-0.1, -0.05) is 11.2 Å².